The predicted octanol–water partition coefficient (Wildman–Crippen LogP) is 2.44. The van der Waals surface area contributed by atoms with E-state index >= 15 is 0 Å². The first kappa shape index (κ1) is 14.3. The van der Waals surface area contributed by atoms with E-state index in [0.717, 1.165) is 38.5 Å². The summed E-state index contributed by atoms with van der Waals surface area (Å²) in [5, 5.41) is 0. The molecule has 1 unspecified atom stereocenters. The predicted molar refractivity (Wildman–Crippen MR) is 84.3 cm³/mol. The Morgan fingerprint density at radius 3 is 3.00 bits per heavy atom. The van der Waals surface area contributed by atoms with Crippen molar-refractivity contribution in [1.29, 1.82) is 0 Å². The fourth-order valence-corrected chi connectivity index (χ4v) is 2.94. The number of hydrogen-bond acceptors (Lipinski definition) is 3. The summed E-state index contributed by atoms with van der Waals surface area (Å²) in [4.78, 5) is 6.90. The van der Waals surface area contributed by atoms with Crippen LogP contribution in [0.4, 0.5) is 0 Å². The first-order chi connectivity index (χ1) is 10.3. The van der Waals surface area contributed by atoms with Gasteiger partial charge in [0.15, 0.2) is 0 Å². The van der Waals surface area contributed by atoms with Crippen LogP contribution >= 0.6 is 0 Å². The van der Waals surface area contributed by atoms with Crippen LogP contribution in [0.5, 0.6) is 0 Å². The molecule has 0 spiro atoms. The Labute approximate surface area is 126 Å². The zero-order valence-corrected chi connectivity index (χ0v) is 12.8. The van der Waals surface area contributed by atoms with Gasteiger partial charge < -0.3 is 14.2 Å². The van der Waals surface area contributed by atoms with Gasteiger partial charge in [0.25, 0.3) is 0 Å². The van der Waals surface area contributed by atoms with E-state index in [1.54, 1.807) is 0 Å². The molecule has 4 nitrogen and oxygen atoms in total. The lowest BCUT2D eigenvalue weighted by Gasteiger charge is -2.30. The highest BCUT2D eigenvalue weighted by Crippen LogP contribution is 2.23. The van der Waals surface area contributed by atoms with Crippen molar-refractivity contribution in [3.63, 3.8) is 0 Å². The molecule has 0 amide bonds. The van der Waals surface area contributed by atoms with E-state index in [4.69, 9.17) is 4.74 Å². The Morgan fingerprint density at radius 2 is 2.19 bits per heavy atom. The van der Waals surface area contributed by atoms with Crippen LogP contribution in [0.2, 0.25) is 0 Å². The molecule has 1 aliphatic heterocycles. The third-order valence-corrected chi connectivity index (χ3v) is 4.10. The molecule has 0 bridgehead atoms. The third-order valence-electron chi connectivity index (χ3n) is 4.10. The van der Waals surface area contributed by atoms with Crippen LogP contribution in [-0.4, -0.2) is 47.3 Å². The normalized spacial score (nSPS) is 19.8. The Hall–Kier alpha value is -1.65. The molecule has 2 aromatic rings. The zero-order valence-electron chi connectivity index (χ0n) is 12.8. The Balaban J connectivity index is 1.83. The third kappa shape index (κ3) is 3.17. The Bertz CT molecular complexity index is 593. The minimum atomic E-state index is 0.241. The molecule has 1 atom stereocenters. The molecule has 1 aromatic carbocycles. The second kappa shape index (κ2) is 6.41. The summed E-state index contributed by atoms with van der Waals surface area (Å²) in [5.74, 6) is 1.05. The van der Waals surface area contributed by atoms with E-state index in [-0.39, 0.29) is 6.10 Å². The summed E-state index contributed by atoms with van der Waals surface area (Å²) in [6.07, 6.45) is 5.20. The number of ether oxygens (including phenoxy) is 1. The van der Waals surface area contributed by atoms with Gasteiger partial charge in [-0.3, -0.25) is 0 Å². The SMILES string of the molecule is CCc1ccccc1-c1nccn1CC1CN(C)CCO1. The van der Waals surface area contributed by atoms with E-state index < -0.39 is 0 Å². The maximum atomic E-state index is 5.88. The van der Waals surface area contributed by atoms with Crippen LogP contribution in [0.15, 0.2) is 36.7 Å². The molecule has 0 radical (unpaired) electrons. The molecule has 1 aliphatic rings. The van der Waals surface area contributed by atoms with Crippen LogP contribution in [-0.2, 0) is 17.7 Å². The first-order valence-electron chi connectivity index (χ1n) is 7.67. The quantitative estimate of drug-likeness (QED) is 0.864. The monoisotopic (exact) mass is 285 g/mol. The lowest BCUT2D eigenvalue weighted by molar-refractivity contribution is -0.0272. The van der Waals surface area contributed by atoms with Crippen molar-refractivity contribution in [3.8, 4) is 11.4 Å². The maximum Gasteiger partial charge on any atom is 0.140 e. The second-order valence-corrected chi connectivity index (χ2v) is 5.67. The van der Waals surface area contributed by atoms with E-state index in [1.165, 1.54) is 11.1 Å². The minimum Gasteiger partial charge on any atom is -0.374 e. The number of morpholine rings is 1. The van der Waals surface area contributed by atoms with Crippen molar-refractivity contribution in [3.05, 3.63) is 42.2 Å². The Kier molecular flexibility index (Phi) is 4.36. The van der Waals surface area contributed by atoms with Gasteiger partial charge in [-0.2, -0.15) is 0 Å². The second-order valence-electron chi connectivity index (χ2n) is 5.67. The summed E-state index contributed by atoms with van der Waals surface area (Å²) >= 11 is 0. The van der Waals surface area contributed by atoms with Gasteiger partial charge in [0.2, 0.25) is 0 Å². The summed E-state index contributed by atoms with van der Waals surface area (Å²) in [5.41, 5.74) is 2.57. The number of aromatic nitrogens is 2. The van der Waals surface area contributed by atoms with E-state index in [9.17, 15) is 0 Å². The van der Waals surface area contributed by atoms with Gasteiger partial charge in [-0.05, 0) is 19.0 Å². The molecular formula is C17H23N3O. The fourth-order valence-electron chi connectivity index (χ4n) is 2.94. The molecule has 2 heterocycles. The number of nitrogens with zero attached hydrogens (tertiary/aromatic N) is 3. The highest BCUT2D eigenvalue weighted by molar-refractivity contribution is 5.60. The number of likely N-dealkylation sites (N-methyl/N-ethyl adjacent to an activating group) is 1. The molecule has 4 heteroatoms. The summed E-state index contributed by atoms with van der Waals surface area (Å²) in [6, 6.07) is 8.51. The molecule has 1 fully saturated rings. The van der Waals surface area contributed by atoms with E-state index in [0.29, 0.717) is 0 Å². The number of aryl methyl sites for hydroxylation is 1. The highest BCUT2D eigenvalue weighted by Gasteiger charge is 2.19. The Morgan fingerprint density at radius 1 is 1.33 bits per heavy atom. The fraction of sp³-hybridized carbons (Fsp3) is 0.471. The average molecular weight is 285 g/mol. The van der Waals surface area contributed by atoms with Gasteiger partial charge in [-0.15, -0.1) is 0 Å². The van der Waals surface area contributed by atoms with E-state index in [2.05, 4.69) is 58.9 Å². The van der Waals surface area contributed by atoms with Crippen molar-refractivity contribution < 1.29 is 4.74 Å². The van der Waals surface area contributed by atoms with Crippen LogP contribution in [0, 0.1) is 0 Å². The molecule has 0 N–H and O–H groups in total. The van der Waals surface area contributed by atoms with Crippen LogP contribution in [0.25, 0.3) is 11.4 Å². The van der Waals surface area contributed by atoms with Gasteiger partial charge >= 0.3 is 0 Å². The highest BCUT2D eigenvalue weighted by atomic mass is 16.5. The van der Waals surface area contributed by atoms with Crippen LogP contribution < -0.4 is 0 Å². The molecule has 0 aliphatic carbocycles. The number of benzene rings is 1. The van der Waals surface area contributed by atoms with Crippen molar-refractivity contribution in [2.24, 2.45) is 0 Å². The van der Waals surface area contributed by atoms with Gasteiger partial charge in [-0.25, -0.2) is 4.98 Å². The average Bonchev–Trinajstić information content (AvgIpc) is 2.95. The molecule has 1 aromatic heterocycles. The van der Waals surface area contributed by atoms with Gasteiger partial charge in [0, 0.05) is 31.0 Å². The lowest BCUT2D eigenvalue weighted by Crippen LogP contribution is -2.41. The topological polar surface area (TPSA) is 30.3 Å². The summed E-state index contributed by atoms with van der Waals surface area (Å²) < 4.78 is 8.10. The van der Waals surface area contributed by atoms with Crippen molar-refractivity contribution in [2.75, 3.05) is 26.7 Å². The van der Waals surface area contributed by atoms with Gasteiger partial charge in [0.05, 0.1) is 19.3 Å². The van der Waals surface area contributed by atoms with E-state index in [1.807, 2.05) is 6.20 Å². The molecule has 1 saturated heterocycles. The maximum absolute atomic E-state index is 5.88. The summed E-state index contributed by atoms with van der Waals surface area (Å²) in [6.45, 7) is 5.86. The largest absolute Gasteiger partial charge is 0.374 e. The van der Waals surface area contributed by atoms with Crippen molar-refractivity contribution in [2.45, 2.75) is 26.0 Å². The molecule has 21 heavy (non-hydrogen) atoms. The molecule has 0 saturated carbocycles. The van der Waals surface area contributed by atoms with Crippen molar-refractivity contribution in [1.82, 2.24) is 14.5 Å². The minimum absolute atomic E-state index is 0.241. The summed E-state index contributed by atoms with van der Waals surface area (Å²) in [7, 11) is 2.15. The molecule has 112 valence electrons. The van der Waals surface area contributed by atoms with Crippen LogP contribution in [0.3, 0.4) is 0 Å². The van der Waals surface area contributed by atoms with Crippen LogP contribution in [0.1, 0.15) is 12.5 Å². The number of rotatable bonds is 4. The number of imidazole rings is 1. The first-order valence-corrected chi connectivity index (χ1v) is 7.67. The molecular weight excluding hydrogens is 262 g/mol. The smallest absolute Gasteiger partial charge is 0.140 e. The number of hydrogen-bond donors (Lipinski definition) is 0. The molecule has 3 rings (SSSR count). The zero-order chi connectivity index (χ0) is 14.7. The van der Waals surface area contributed by atoms with Gasteiger partial charge in [-0.1, -0.05) is 31.2 Å². The lowest BCUT2D eigenvalue weighted by atomic mass is 10.0. The van der Waals surface area contributed by atoms with Gasteiger partial charge in [0.1, 0.15) is 5.82 Å². The standard InChI is InChI=1S/C17H23N3O/c1-3-14-6-4-5-7-16(14)17-18-8-9-20(17)13-15-12-19(2)10-11-21-15/h4-9,15H,3,10-13H2,1-2H3. The van der Waals surface area contributed by atoms with Crippen molar-refractivity contribution >= 4 is 0 Å².